The van der Waals surface area contributed by atoms with E-state index < -0.39 is 5.97 Å². The lowest BCUT2D eigenvalue weighted by Crippen LogP contribution is -2.04. The molecule has 0 aliphatic heterocycles. The summed E-state index contributed by atoms with van der Waals surface area (Å²) in [6, 6.07) is 12.7. The fraction of sp³-hybridized carbons (Fsp3) is 0.286. The first-order chi connectivity index (χ1) is 17.5. The molecule has 1 aliphatic carbocycles. The largest absolute Gasteiger partial charge is 0.493 e. The van der Waals surface area contributed by atoms with E-state index in [1.54, 1.807) is 39.7 Å². The molecular formula is C28H27NO7. The third kappa shape index (κ3) is 4.54. The number of hydrogen-bond acceptors (Lipinski definition) is 8. The summed E-state index contributed by atoms with van der Waals surface area (Å²) in [6.07, 6.45) is 4.05. The molecule has 36 heavy (non-hydrogen) atoms. The zero-order valence-corrected chi connectivity index (χ0v) is 20.6. The molecule has 0 spiro atoms. The van der Waals surface area contributed by atoms with Crippen molar-refractivity contribution in [3.8, 4) is 45.4 Å². The maximum atomic E-state index is 12.4. The lowest BCUT2D eigenvalue weighted by atomic mass is 10.0. The highest BCUT2D eigenvalue weighted by molar-refractivity contribution is 5.96. The summed E-state index contributed by atoms with van der Waals surface area (Å²) >= 11 is 0. The fourth-order valence-electron chi connectivity index (χ4n) is 4.10. The first-order valence-corrected chi connectivity index (χ1v) is 11.6. The second-order valence-corrected chi connectivity index (χ2v) is 8.59. The second-order valence-electron chi connectivity index (χ2n) is 8.59. The van der Waals surface area contributed by atoms with Crippen molar-refractivity contribution in [1.29, 1.82) is 0 Å². The van der Waals surface area contributed by atoms with Gasteiger partial charge in [-0.3, -0.25) is 4.98 Å². The van der Waals surface area contributed by atoms with Gasteiger partial charge >= 0.3 is 5.97 Å². The van der Waals surface area contributed by atoms with E-state index in [2.05, 4.69) is 4.98 Å². The molecule has 5 rings (SSSR count). The highest BCUT2D eigenvalue weighted by Gasteiger charge is 2.23. The van der Waals surface area contributed by atoms with Gasteiger partial charge in [0, 0.05) is 23.4 Å². The minimum absolute atomic E-state index is 0.405. The van der Waals surface area contributed by atoms with Crippen LogP contribution in [0.4, 0.5) is 0 Å². The molecule has 0 N–H and O–H groups in total. The highest BCUT2D eigenvalue weighted by atomic mass is 16.5. The summed E-state index contributed by atoms with van der Waals surface area (Å²) in [4.78, 5) is 16.9. The number of fused-ring (bicyclic) bond motifs is 1. The van der Waals surface area contributed by atoms with Gasteiger partial charge < -0.3 is 28.1 Å². The molecule has 2 aromatic carbocycles. The van der Waals surface area contributed by atoms with Gasteiger partial charge in [-0.25, -0.2) is 4.79 Å². The molecule has 0 saturated heterocycles. The zero-order chi connectivity index (χ0) is 25.2. The molecule has 1 fully saturated rings. The molecule has 186 valence electrons. The Morgan fingerprint density at radius 3 is 2.33 bits per heavy atom. The van der Waals surface area contributed by atoms with Crippen molar-refractivity contribution in [1.82, 2.24) is 4.98 Å². The summed E-state index contributed by atoms with van der Waals surface area (Å²) < 4.78 is 33.7. The first kappa shape index (κ1) is 23.5. The van der Waals surface area contributed by atoms with E-state index in [4.69, 9.17) is 28.1 Å². The van der Waals surface area contributed by atoms with Crippen molar-refractivity contribution in [2.24, 2.45) is 5.92 Å². The van der Waals surface area contributed by atoms with E-state index in [0.29, 0.717) is 57.9 Å². The van der Waals surface area contributed by atoms with Crippen LogP contribution in [0.2, 0.25) is 0 Å². The Morgan fingerprint density at radius 2 is 1.69 bits per heavy atom. The van der Waals surface area contributed by atoms with Gasteiger partial charge in [-0.05, 0) is 60.7 Å². The Morgan fingerprint density at radius 1 is 0.944 bits per heavy atom. The molecule has 8 heteroatoms. The number of benzene rings is 2. The van der Waals surface area contributed by atoms with E-state index in [1.165, 1.54) is 20.0 Å². The monoisotopic (exact) mass is 489 g/mol. The van der Waals surface area contributed by atoms with Crippen molar-refractivity contribution < 1.29 is 32.9 Å². The van der Waals surface area contributed by atoms with E-state index in [9.17, 15) is 4.79 Å². The third-order valence-electron chi connectivity index (χ3n) is 6.18. The maximum Gasteiger partial charge on any atom is 0.338 e. The number of hydrogen-bond donors (Lipinski definition) is 0. The molecular weight excluding hydrogens is 462 g/mol. The van der Waals surface area contributed by atoms with Crippen LogP contribution < -0.4 is 18.9 Å². The fourth-order valence-corrected chi connectivity index (χ4v) is 4.10. The van der Waals surface area contributed by atoms with Crippen molar-refractivity contribution in [3.05, 3.63) is 54.2 Å². The SMILES string of the molecule is COC(=O)c1cc(OCC2CC2)cc(-c2ccnc3cc(-c4cc(OC)c(OC)c(OC)c4)oc23)c1. The standard InChI is InChI=1S/C28H27NO7/c1-31-24-12-18(13-25(32-2)27(24)33-3)23-14-22-26(36-23)21(7-8-29-22)17-9-19(28(30)34-4)11-20(10-17)35-15-16-5-6-16/h7-14,16H,5-6,15H2,1-4H3. The number of furan rings is 1. The van der Waals surface area contributed by atoms with Crippen molar-refractivity contribution in [2.75, 3.05) is 35.0 Å². The Bertz CT molecular complexity index is 1400. The highest BCUT2D eigenvalue weighted by Crippen LogP contribution is 2.43. The molecule has 0 amide bonds. The number of rotatable bonds is 9. The molecule has 0 unspecified atom stereocenters. The van der Waals surface area contributed by atoms with Crippen molar-refractivity contribution in [2.45, 2.75) is 12.8 Å². The van der Waals surface area contributed by atoms with Gasteiger partial charge in [0.25, 0.3) is 0 Å². The minimum Gasteiger partial charge on any atom is -0.493 e. The number of methoxy groups -OCH3 is 4. The Labute approximate surface area is 208 Å². The van der Waals surface area contributed by atoms with Gasteiger partial charge in [0.15, 0.2) is 17.1 Å². The molecule has 2 aromatic heterocycles. The van der Waals surface area contributed by atoms with Crippen LogP contribution in [0.15, 0.2) is 53.1 Å². The van der Waals surface area contributed by atoms with Gasteiger partial charge in [-0.1, -0.05) is 0 Å². The van der Waals surface area contributed by atoms with Crippen LogP contribution in [0.5, 0.6) is 23.0 Å². The van der Waals surface area contributed by atoms with Gasteiger partial charge in [-0.2, -0.15) is 0 Å². The lowest BCUT2D eigenvalue weighted by molar-refractivity contribution is 0.0600. The average Bonchev–Trinajstić information content (AvgIpc) is 3.65. The summed E-state index contributed by atoms with van der Waals surface area (Å²) in [6.45, 7) is 0.627. The van der Waals surface area contributed by atoms with Crippen LogP contribution in [-0.4, -0.2) is 46.0 Å². The summed E-state index contributed by atoms with van der Waals surface area (Å²) in [5.41, 5.74) is 3.94. The van der Waals surface area contributed by atoms with E-state index >= 15 is 0 Å². The van der Waals surface area contributed by atoms with Crippen LogP contribution >= 0.6 is 0 Å². The van der Waals surface area contributed by atoms with Crippen LogP contribution in [0.1, 0.15) is 23.2 Å². The predicted octanol–water partition coefficient (Wildman–Crippen LogP) is 5.76. The molecule has 0 radical (unpaired) electrons. The molecule has 0 bridgehead atoms. The third-order valence-corrected chi connectivity index (χ3v) is 6.18. The van der Waals surface area contributed by atoms with E-state index in [-0.39, 0.29) is 0 Å². The van der Waals surface area contributed by atoms with Crippen LogP contribution in [-0.2, 0) is 4.74 Å². The summed E-state index contributed by atoms with van der Waals surface area (Å²) in [5, 5.41) is 0. The number of carbonyl (C=O) groups excluding carboxylic acids is 1. The Balaban J connectivity index is 1.60. The second kappa shape index (κ2) is 9.81. The van der Waals surface area contributed by atoms with Crippen LogP contribution in [0, 0.1) is 5.92 Å². The molecule has 8 nitrogen and oxygen atoms in total. The van der Waals surface area contributed by atoms with Gasteiger partial charge in [0.2, 0.25) is 5.75 Å². The number of esters is 1. The molecule has 1 aliphatic rings. The maximum absolute atomic E-state index is 12.4. The van der Waals surface area contributed by atoms with Gasteiger partial charge in [-0.15, -0.1) is 0 Å². The lowest BCUT2D eigenvalue weighted by Gasteiger charge is -2.13. The van der Waals surface area contributed by atoms with Crippen LogP contribution in [0.3, 0.4) is 0 Å². The summed E-state index contributed by atoms with van der Waals surface area (Å²) in [5.74, 6) is 2.87. The van der Waals surface area contributed by atoms with Gasteiger partial charge in [0.05, 0.1) is 40.6 Å². The van der Waals surface area contributed by atoms with Crippen molar-refractivity contribution in [3.63, 3.8) is 0 Å². The topological polar surface area (TPSA) is 89.3 Å². The van der Waals surface area contributed by atoms with E-state index in [1.807, 2.05) is 30.3 Å². The molecule has 0 atom stereocenters. The zero-order valence-electron chi connectivity index (χ0n) is 20.6. The Kier molecular flexibility index (Phi) is 6.41. The molecule has 1 saturated carbocycles. The first-order valence-electron chi connectivity index (χ1n) is 11.6. The van der Waals surface area contributed by atoms with Gasteiger partial charge in [0.1, 0.15) is 17.0 Å². The smallest absolute Gasteiger partial charge is 0.338 e. The summed E-state index contributed by atoms with van der Waals surface area (Å²) in [7, 11) is 6.05. The van der Waals surface area contributed by atoms with E-state index in [0.717, 1.165) is 16.7 Å². The molecule has 2 heterocycles. The number of carbonyl (C=O) groups is 1. The molecule has 4 aromatic rings. The number of pyridine rings is 1. The number of nitrogens with zero attached hydrogens (tertiary/aromatic N) is 1. The average molecular weight is 490 g/mol. The minimum atomic E-state index is -0.434. The van der Waals surface area contributed by atoms with Crippen molar-refractivity contribution >= 4 is 17.1 Å². The number of ether oxygens (including phenoxy) is 5. The number of aromatic nitrogens is 1. The normalized spacial score (nSPS) is 12.9. The quantitative estimate of drug-likeness (QED) is 0.274. The Hall–Kier alpha value is -4.20. The predicted molar refractivity (Wildman–Crippen MR) is 134 cm³/mol. The van der Waals surface area contributed by atoms with Crippen LogP contribution in [0.25, 0.3) is 33.6 Å².